The highest BCUT2D eigenvalue weighted by Crippen LogP contribution is 2.30. The fourth-order valence-electron chi connectivity index (χ4n) is 1.20. The maximum absolute atomic E-state index is 12.4. The van der Waals surface area contributed by atoms with Crippen molar-refractivity contribution in [3.05, 3.63) is 23.9 Å². The maximum atomic E-state index is 12.4. The number of anilines is 1. The summed E-state index contributed by atoms with van der Waals surface area (Å²) >= 11 is 0. The molecule has 1 heterocycles. The lowest BCUT2D eigenvalue weighted by Gasteiger charge is -2.18. The van der Waals surface area contributed by atoms with E-state index >= 15 is 0 Å². The molecule has 0 bridgehead atoms. The minimum absolute atomic E-state index is 0.324. The highest BCUT2D eigenvalue weighted by Gasteiger charge is 2.30. The second kappa shape index (κ2) is 5.16. The standard InChI is InChI=1S/C10H14F3N3/c1-14-5-6-16(2)9-7-8(3-4-15-9)10(11,12)13/h3-4,7,14H,5-6H2,1-2H3. The van der Waals surface area contributed by atoms with Gasteiger partial charge in [0.25, 0.3) is 0 Å². The summed E-state index contributed by atoms with van der Waals surface area (Å²) in [5.41, 5.74) is -0.672. The van der Waals surface area contributed by atoms with E-state index in [2.05, 4.69) is 10.3 Å². The molecule has 0 fully saturated rings. The Kier molecular flexibility index (Phi) is 4.12. The van der Waals surface area contributed by atoms with Gasteiger partial charge >= 0.3 is 6.18 Å². The number of pyridine rings is 1. The van der Waals surface area contributed by atoms with Crippen molar-refractivity contribution in [1.82, 2.24) is 10.3 Å². The first-order valence-corrected chi connectivity index (χ1v) is 4.84. The minimum atomic E-state index is -4.32. The van der Waals surface area contributed by atoms with Crippen molar-refractivity contribution >= 4 is 5.82 Å². The Labute approximate surface area is 92.3 Å². The molecule has 90 valence electrons. The Morgan fingerprint density at radius 1 is 1.44 bits per heavy atom. The van der Waals surface area contributed by atoms with E-state index in [0.29, 0.717) is 18.9 Å². The molecule has 16 heavy (non-hydrogen) atoms. The Morgan fingerprint density at radius 3 is 2.69 bits per heavy atom. The molecule has 0 aliphatic rings. The molecule has 0 unspecified atom stereocenters. The molecule has 0 saturated carbocycles. The first-order chi connectivity index (χ1) is 7.45. The summed E-state index contributed by atoms with van der Waals surface area (Å²) in [4.78, 5) is 5.58. The van der Waals surface area contributed by atoms with E-state index in [1.165, 1.54) is 6.20 Å². The lowest BCUT2D eigenvalue weighted by atomic mass is 10.2. The lowest BCUT2D eigenvalue weighted by molar-refractivity contribution is -0.137. The van der Waals surface area contributed by atoms with Crippen molar-refractivity contribution in [2.24, 2.45) is 0 Å². The molecule has 0 aliphatic carbocycles. The fraction of sp³-hybridized carbons (Fsp3) is 0.500. The second-order valence-corrected chi connectivity index (χ2v) is 3.43. The van der Waals surface area contributed by atoms with Gasteiger partial charge in [-0.05, 0) is 19.2 Å². The molecule has 0 radical (unpaired) electrons. The maximum Gasteiger partial charge on any atom is 0.416 e. The Bertz CT molecular complexity index is 338. The van der Waals surface area contributed by atoms with Crippen molar-refractivity contribution < 1.29 is 13.2 Å². The van der Waals surface area contributed by atoms with Gasteiger partial charge in [0.1, 0.15) is 5.82 Å². The molecule has 1 rings (SSSR count). The van der Waals surface area contributed by atoms with Crippen molar-refractivity contribution in [2.45, 2.75) is 6.18 Å². The number of likely N-dealkylation sites (N-methyl/N-ethyl adjacent to an activating group) is 2. The largest absolute Gasteiger partial charge is 0.416 e. The zero-order valence-electron chi connectivity index (χ0n) is 9.17. The van der Waals surface area contributed by atoms with Gasteiger partial charge < -0.3 is 10.2 Å². The van der Waals surface area contributed by atoms with Crippen molar-refractivity contribution in [3.63, 3.8) is 0 Å². The van der Waals surface area contributed by atoms with E-state index in [0.717, 1.165) is 12.1 Å². The quantitative estimate of drug-likeness (QED) is 0.858. The average Bonchev–Trinajstić information content (AvgIpc) is 2.25. The van der Waals surface area contributed by atoms with E-state index in [9.17, 15) is 13.2 Å². The summed E-state index contributed by atoms with van der Waals surface area (Å²) in [5, 5.41) is 2.92. The predicted octanol–water partition coefficient (Wildman–Crippen LogP) is 1.76. The summed E-state index contributed by atoms with van der Waals surface area (Å²) in [5.74, 6) is 0.324. The van der Waals surface area contributed by atoms with Gasteiger partial charge in [-0.1, -0.05) is 0 Å². The highest BCUT2D eigenvalue weighted by molar-refractivity contribution is 5.40. The van der Waals surface area contributed by atoms with Crippen LogP contribution in [0.15, 0.2) is 18.3 Å². The number of nitrogens with one attached hydrogen (secondary N) is 1. The van der Waals surface area contributed by atoms with Crippen LogP contribution in [0.3, 0.4) is 0 Å². The molecule has 1 N–H and O–H groups in total. The monoisotopic (exact) mass is 233 g/mol. The smallest absolute Gasteiger partial charge is 0.358 e. The third-order valence-corrected chi connectivity index (χ3v) is 2.16. The highest BCUT2D eigenvalue weighted by atomic mass is 19.4. The van der Waals surface area contributed by atoms with Crippen LogP contribution in [0.5, 0.6) is 0 Å². The SMILES string of the molecule is CNCCN(C)c1cc(C(F)(F)F)ccn1. The lowest BCUT2D eigenvalue weighted by Crippen LogP contribution is -2.27. The van der Waals surface area contributed by atoms with Crippen LogP contribution in [0.4, 0.5) is 19.0 Å². The Morgan fingerprint density at radius 2 is 2.12 bits per heavy atom. The average molecular weight is 233 g/mol. The zero-order chi connectivity index (χ0) is 12.2. The Hall–Kier alpha value is -1.30. The number of halogens is 3. The van der Waals surface area contributed by atoms with E-state index in [4.69, 9.17) is 0 Å². The summed E-state index contributed by atoms with van der Waals surface area (Å²) < 4.78 is 37.3. The predicted molar refractivity (Wildman–Crippen MR) is 56.4 cm³/mol. The summed E-state index contributed by atoms with van der Waals surface area (Å²) in [6.07, 6.45) is -3.14. The zero-order valence-corrected chi connectivity index (χ0v) is 9.17. The number of nitrogens with zero attached hydrogens (tertiary/aromatic N) is 2. The second-order valence-electron chi connectivity index (χ2n) is 3.43. The molecule has 6 heteroatoms. The van der Waals surface area contributed by atoms with Crippen LogP contribution in [0.25, 0.3) is 0 Å². The van der Waals surface area contributed by atoms with Crippen LogP contribution in [0.1, 0.15) is 5.56 Å². The number of rotatable bonds is 4. The van der Waals surface area contributed by atoms with E-state index in [-0.39, 0.29) is 0 Å². The van der Waals surface area contributed by atoms with Gasteiger partial charge in [0.05, 0.1) is 5.56 Å². The molecule has 3 nitrogen and oxygen atoms in total. The van der Waals surface area contributed by atoms with Crippen LogP contribution < -0.4 is 10.2 Å². The Balaban J connectivity index is 2.82. The molecule has 1 aromatic heterocycles. The van der Waals surface area contributed by atoms with E-state index in [1.54, 1.807) is 19.0 Å². The first-order valence-electron chi connectivity index (χ1n) is 4.84. The van der Waals surface area contributed by atoms with Gasteiger partial charge in [0, 0.05) is 26.3 Å². The van der Waals surface area contributed by atoms with Crippen molar-refractivity contribution in [1.29, 1.82) is 0 Å². The number of hydrogen-bond acceptors (Lipinski definition) is 3. The van der Waals surface area contributed by atoms with E-state index < -0.39 is 11.7 Å². The van der Waals surface area contributed by atoms with Crippen LogP contribution in [-0.4, -0.2) is 32.2 Å². The molecule has 0 spiro atoms. The van der Waals surface area contributed by atoms with Gasteiger partial charge in [-0.2, -0.15) is 13.2 Å². The van der Waals surface area contributed by atoms with Crippen molar-refractivity contribution in [2.75, 3.05) is 32.1 Å². The van der Waals surface area contributed by atoms with Crippen LogP contribution in [-0.2, 0) is 6.18 Å². The van der Waals surface area contributed by atoms with Crippen LogP contribution in [0, 0.1) is 0 Å². The molecule has 0 aromatic carbocycles. The molecule has 0 saturated heterocycles. The number of hydrogen-bond donors (Lipinski definition) is 1. The van der Waals surface area contributed by atoms with Gasteiger partial charge in [0.15, 0.2) is 0 Å². The normalized spacial score (nSPS) is 11.6. The van der Waals surface area contributed by atoms with Gasteiger partial charge in [-0.15, -0.1) is 0 Å². The van der Waals surface area contributed by atoms with Crippen molar-refractivity contribution in [3.8, 4) is 0 Å². The molecule has 1 aromatic rings. The first kappa shape index (κ1) is 12.8. The number of aromatic nitrogens is 1. The molecule has 0 atom stereocenters. The van der Waals surface area contributed by atoms with Crippen LogP contribution in [0.2, 0.25) is 0 Å². The minimum Gasteiger partial charge on any atom is -0.358 e. The van der Waals surface area contributed by atoms with E-state index in [1.807, 2.05) is 0 Å². The molecular formula is C10H14F3N3. The van der Waals surface area contributed by atoms with Gasteiger partial charge in [0.2, 0.25) is 0 Å². The number of alkyl halides is 3. The third-order valence-electron chi connectivity index (χ3n) is 2.16. The summed E-state index contributed by atoms with van der Waals surface area (Å²) in [6, 6.07) is 2.02. The topological polar surface area (TPSA) is 28.2 Å². The molecule has 0 amide bonds. The third kappa shape index (κ3) is 3.37. The van der Waals surface area contributed by atoms with Gasteiger partial charge in [-0.3, -0.25) is 0 Å². The summed E-state index contributed by atoms with van der Waals surface area (Å²) in [7, 11) is 3.49. The van der Waals surface area contributed by atoms with Crippen LogP contribution >= 0.6 is 0 Å². The molecular weight excluding hydrogens is 219 g/mol. The fourth-order valence-corrected chi connectivity index (χ4v) is 1.20. The summed E-state index contributed by atoms with van der Waals surface area (Å²) in [6.45, 7) is 1.29. The van der Waals surface area contributed by atoms with Gasteiger partial charge in [-0.25, -0.2) is 4.98 Å². The molecule has 0 aliphatic heterocycles.